The molecule has 1 saturated carbocycles. The van der Waals surface area contributed by atoms with Crippen LogP contribution in [0.2, 0.25) is 0 Å². The van der Waals surface area contributed by atoms with Crippen LogP contribution >= 0.6 is 0 Å². The van der Waals surface area contributed by atoms with Gasteiger partial charge in [-0.2, -0.15) is 0 Å². The van der Waals surface area contributed by atoms with Crippen molar-refractivity contribution in [3.05, 3.63) is 11.4 Å². The second-order valence-corrected chi connectivity index (χ2v) is 3.75. The van der Waals surface area contributed by atoms with Crippen LogP contribution in [0.5, 0.6) is 0 Å². The van der Waals surface area contributed by atoms with Crippen molar-refractivity contribution in [2.45, 2.75) is 45.6 Å². The Morgan fingerprint density at radius 1 is 1.38 bits per heavy atom. The van der Waals surface area contributed by atoms with E-state index < -0.39 is 11.7 Å². The van der Waals surface area contributed by atoms with Gasteiger partial charge in [-0.3, -0.25) is 4.79 Å². The fourth-order valence-electron chi connectivity index (χ4n) is 1.51. The number of rotatable bonds is 2. The van der Waals surface area contributed by atoms with Crippen molar-refractivity contribution >= 4 is 5.91 Å². The molecule has 1 rings (SSSR count). The van der Waals surface area contributed by atoms with Crippen molar-refractivity contribution < 1.29 is 9.18 Å². The van der Waals surface area contributed by atoms with Crippen molar-refractivity contribution in [1.82, 2.24) is 5.32 Å². The van der Waals surface area contributed by atoms with E-state index in [0.29, 0.717) is 5.57 Å². The first kappa shape index (κ1) is 10.2. The van der Waals surface area contributed by atoms with E-state index in [9.17, 15) is 9.18 Å². The molecule has 1 amide bonds. The smallest absolute Gasteiger partial charge is 0.280 e. The summed E-state index contributed by atoms with van der Waals surface area (Å²) in [5.74, 6) is -1.10. The number of hydrogen-bond acceptors (Lipinski definition) is 1. The van der Waals surface area contributed by atoms with Crippen LogP contribution in [-0.2, 0) is 4.79 Å². The summed E-state index contributed by atoms with van der Waals surface area (Å²) in [6, 6.07) is 0.000234. The molecule has 0 unspecified atom stereocenters. The second kappa shape index (κ2) is 4.40. The lowest BCUT2D eigenvalue weighted by atomic mass is 10.2. The molecule has 0 saturated heterocycles. The number of allylic oxidation sites excluding steroid dienone is 1. The molecule has 0 aromatic heterocycles. The molecule has 1 aliphatic rings. The Morgan fingerprint density at radius 2 is 1.92 bits per heavy atom. The van der Waals surface area contributed by atoms with E-state index in [1.807, 2.05) is 13.8 Å². The molecule has 1 N–H and O–H groups in total. The number of nitrogens with one attached hydrogen (secondary N) is 1. The minimum absolute atomic E-state index is 0.000234. The largest absolute Gasteiger partial charge is 0.348 e. The maximum atomic E-state index is 13.3. The summed E-state index contributed by atoms with van der Waals surface area (Å²) in [7, 11) is 0. The average molecular weight is 185 g/mol. The van der Waals surface area contributed by atoms with Gasteiger partial charge in [0.15, 0.2) is 5.83 Å². The van der Waals surface area contributed by atoms with E-state index in [1.54, 1.807) is 0 Å². The van der Waals surface area contributed by atoms with Crippen LogP contribution in [0, 0.1) is 0 Å². The molecular weight excluding hydrogens is 169 g/mol. The van der Waals surface area contributed by atoms with Crippen molar-refractivity contribution in [1.29, 1.82) is 0 Å². The maximum Gasteiger partial charge on any atom is 0.280 e. The zero-order chi connectivity index (χ0) is 9.84. The van der Waals surface area contributed by atoms with Crippen molar-refractivity contribution in [2.75, 3.05) is 0 Å². The van der Waals surface area contributed by atoms with Gasteiger partial charge in [0.2, 0.25) is 0 Å². The Balaban J connectivity index is 2.59. The first-order chi connectivity index (χ1) is 6.11. The fourth-order valence-corrected chi connectivity index (χ4v) is 1.51. The highest BCUT2D eigenvalue weighted by atomic mass is 19.1. The van der Waals surface area contributed by atoms with Gasteiger partial charge in [0.1, 0.15) is 0 Å². The zero-order valence-electron chi connectivity index (χ0n) is 8.19. The first-order valence-electron chi connectivity index (χ1n) is 4.79. The molecule has 0 aromatic rings. The van der Waals surface area contributed by atoms with E-state index in [4.69, 9.17) is 0 Å². The Bertz CT molecular complexity index is 225. The highest BCUT2D eigenvalue weighted by Gasteiger charge is 2.18. The molecule has 0 spiro atoms. The number of amides is 1. The average Bonchev–Trinajstić information content (AvgIpc) is 2.53. The third-order valence-corrected chi connectivity index (χ3v) is 2.14. The lowest BCUT2D eigenvalue weighted by Gasteiger charge is -2.07. The van der Waals surface area contributed by atoms with Gasteiger partial charge in [-0.05, 0) is 45.1 Å². The summed E-state index contributed by atoms with van der Waals surface area (Å²) in [6.07, 6.45) is 3.52. The third-order valence-electron chi connectivity index (χ3n) is 2.14. The minimum Gasteiger partial charge on any atom is -0.348 e. The standard InChI is InChI=1S/C10H16FNO/c1-7(2)12-10(13)9(11)8-5-3-4-6-8/h7H,3-6H2,1-2H3,(H,12,13). The molecule has 74 valence electrons. The van der Waals surface area contributed by atoms with Crippen LogP contribution in [0.25, 0.3) is 0 Å². The van der Waals surface area contributed by atoms with Gasteiger partial charge in [-0.1, -0.05) is 0 Å². The van der Waals surface area contributed by atoms with Crippen LogP contribution in [0.4, 0.5) is 4.39 Å². The zero-order valence-corrected chi connectivity index (χ0v) is 8.19. The van der Waals surface area contributed by atoms with Crippen LogP contribution in [0.15, 0.2) is 11.4 Å². The topological polar surface area (TPSA) is 29.1 Å². The molecule has 0 radical (unpaired) electrons. The van der Waals surface area contributed by atoms with Crippen molar-refractivity contribution in [3.63, 3.8) is 0 Å². The molecule has 1 fully saturated rings. The molecule has 13 heavy (non-hydrogen) atoms. The quantitative estimate of drug-likeness (QED) is 0.657. The van der Waals surface area contributed by atoms with E-state index in [0.717, 1.165) is 25.7 Å². The lowest BCUT2D eigenvalue weighted by molar-refractivity contribution is -0.119. The van der Waals surface area contributed by atoms with E-state index in [1.165, 1.54) is 0 Å². The van der Waals surface area contributed by atoms with Gasteiger partial charge in [-0.25, -0.2) is 4.39 Å². The number of hydrogen-bond donors (Lipinski definition) is 1. The maximum absolute atomic E-state index is 13.3. The molecule has 0 aliphatic heterocycles. The van der Waals surface area contributed by atoms with Gasteiger partial charge < -0.3 is 5.32 Å². The number of halogens is 1. The Kier molecular flexibility index (Phi) is 3.46. The van der Waals surface area contributed by atoms with Gasteiger partial charge in [0, 0.05) is 6.04 Å². The van der Waals surface area contributed by atoms with Crippen LogP contribution in [0.1, 0.15) is 39.5 Å². The summed E-state index contributed by atoms with van der Waals surface area (Å²) < 4.78 is 13.3. The number of carbonyl (C=O) groups is 1. The predicted octanol–water partition coefficient (Wildman–Crippen LogP) is 2.31. The Labute approximate surface area is 78.2 Å². The highest BCUT2D eigenvalue weighted by molar-refractivity contribution is 5.92. The third kappa shape index (κ3) is 2.83. The van der Waals surface area contributed by atoms with Crippen LogP contribution in [-0.4, -0.2) is 11.9 Å². The van der Waals surface area contributed by atoms with Gasteiger partial charge in [-0.15, -0.1) is 0 Å². The molecular formula is C10H16FNO. The van der Waals surface area contributed by atoms with Crippen LogP contribution < -0.4 is 5.32 Å². The molecule has 0 bridgehead atoms. The number of carbonyl (C=O) groups excluding carboxylic acids is 1. The lowest BCUT2D eigenvalue weighted by Crippen LogP contribution is -2.30. The Hall–Kier alpha value is -0.860. The van der Waals surface area contributed by atoms with Crippen molar-refractivity contribution in [3.8, 4) is 0 Å². The molecule has 2 nitrogen and oxygen atoms in total. The fraction of sp³-hybridized carbons (Fsp3) is 0.700. The summed E-state index contributed by atoms with van der Waals surface area (Å²) in [6.45, 7) is 3.65. The second-order valence-electron chi connectivity index (χ2n) is 3.75. The predicted molar refractivity (Wildman–Crippen MR) is 49.9 cm³/mol. The van der Waals surface area contributed by atoms with Gasteiger partial charge in [0.25, 0.3) is 5.91 Å². The Morgan fingerprint density at radius 3 is 2.38 bits per heavy atom. The van der Waals surface area contributed by atoms with Crippen LogP contribution in [0.3, 0.4) is 0 Å². The molecule has 0 aromatic carbocycles. The van der Waals surface area contributed by atoms with E-state index >= 15 is 0 Å². The molecule has 3 heteroatoms. The molecule has 0 heterocycles. The first-order valence-corrected chi connectivity index (χ1v) is 4.79. The monoisotopic (exact) mass is 185 g/mol. The summed E-state index contributed by atoms with van der Waals surface area (Å²) >= 11 is 0. The SMILES string of the molecule is CC(C)NC(=O)C(F)=C1CCCC1. The minimum atomic E-state index is -0.550. The van der Waals surface area contributed by atoms with Crippen molar-refractivity contribution in [2.24, 2.45) is 0 Å². The van der Waals surface area contributed by atoms with E-state index in [-0.39, 0.29) is 6.04 Å². The highest BCUT2D eigenvalue weighted by Crippen LogP contribution is 2.27. The van der Waals surface area contributed by atoms with Gasteiger partial charge in [0.05, 0.1) is 0 Å². The van der Waals surface area contributed by atoms with E-state index in [2.05, 4.69) is 5.32 Å². The normalized spacial score (nSPS) is 16.5. The molecule has 1 aliphatic carbocycles. The van der Waals surface area contributed by atoms with Gasteiger partial charge >= 0.3 is 0 Å². The molecule has 0 atom stereocenters. The summed E-state index contributed by atoms with van der Waals surface area (Å²) in [4.78, 5) is 11.2. The summed E-state index contributed by atoms with van der Waals surface area (Å²) in [5.41, 5.74) is 0.693. The summed E-state index contributed by atoms with van der Waals surface area (Å²) in [5, 5.41) is 2.55.